The fourth-order valence-corrected chi connectivity index (χ4v) is 0.654. The third kappa shape index (κ3) is 2.32. The van der Waals surface area contributed by atoms with E-state index >= 15 is 0 Å². The van der Waals surface area contributed by atoms with Gasteiger partial charge in [-0.05, 0) is 12.1 Å². The summed E-state index contributed by atoms with van der Waals surface area (Å²) in [5.41, 5.74) is -0.0671. The van der Waals surface area contributed by atoms with Crippen molar-refractivity contribution in [2.75, 3.05) is 0 Å². The summed E-state index contributed by atoms with van der Waals surface area (Å²) in [5, 5.41) is 17.3. The number of para-hydroxylation sites is 1. The van der Waals surface area contributed by atoms with E-state index in [0.29, 0.717) is 0 Å². The van der Waals surface area contributed by atoms with Crippen LogP contribution in [0.5, 0.6) is 5.75 Å². The smallest absolute Gasteiger partial charge is 0.339 e. The molecule has 0 spiro atoms. The summed E-state index contributed by atoms with van der Waals surface area (Å²) in [6.07, 6.45) is 0. The van der Waals surface area contributed by atoms with Crippen molar-refractivity contribution in [1.82, 2.24) is 0 Å². The van der Waals surface area contributed by atoms with E-state index in [-0.39, 0.29) is 30.8 Å². The Morgan fingerprint density at radius 2 is 1.82 bits per heavy atom. The maximum atomic E-state index is 10.3. The quantitative estimate of drug-likeness (QED) is 0.721. The van der Waals surface area contributed by atoms with Gasteiger partial charge in [0, 0.05) is 19.5 Å². The maximum Gasteiger partial charge on any atom is 0.339 e. The molecule has 0 atom stereocenters. The van der Waals surface area contributed by atoms with E-state index in [0.717, 1.165) is 0 Å². The summed E-state index contributed by atoms with van der Waals surface area (Å²) in [6.45, 7) is 0. The molecule has 1 aromatic carbocycles. The van der Waals surface area contributed by atoms with Crippen molar-refractivity contribution in [2.24, 2.45) is 0 Å². The number of rotatable bonds is 1. The molecule has 0 amide bonds. The molecule has 4 heteroatoms. The topological polar surface area (TPSA) is 57.5 Å². The minimum absolute atomic E-state index is 0. The van der Waals surface area contributed by atoms with Crippen LogP contribution in [0.4, 0.5) is 0 Å². The van der Waals surface area contributed by atoms with Crippen molar-refractivity contribution in [3.63, 3.8) is 0 Å². The molecule has 11 heavy (non-hydrogen) atoms. The number of benzene rings is 1. The average molecular weight is 239 g/mol. The summed E-state index contributed by atoms with van der Waals surface area (Å²) in [6, 6.07) is 5.81. The molecule has 0 heterocycles. The van der Waals surface area contributed by atoms with Gasteiger partial charge in [-0.3, -0.25) is 0 Å². The van der Waals surface area contributed by atoms with Crippen LogP contribution in [0.2, 0.25) is 0 Å². The Bertz CT molecular complexity index is 260. The van der Waals surface area contributed by atoms with Gasteiger partial charge in [0.2, 0.25) is 0 Å². The van der Waals surface area contributed by atoms with Crippen LogP contribution < -0.4 is 0 Å². The van der Waals surface area contributed by atoms with Crippen LogP contribution in [0, 0.1) is 0 Å². The van der Waals surface area contributed by atoms with Gasteiger partial charge in [0.05, 0.1) is 0 Å². The zero-order valence-corrected chi connectivity index (χ0v) is 7.20. The van der Waals surface area contributed by atoms with Crippen molar-refractivity contribution in [1.29, 1.82) is 0 Å². The molecule has 0 radical (unpaired) electrons. The van der Waals surface area contributed by atoms with Crippen LogP contribution in [-0.4, -0.2) is 16.2 Å². The number of hydrogen-bond acceptors (Lipinski definition) is 2. The molecule has 1 rings (SSSR count). The van der Waals surface area contributed by atoms with Crippen molar-refractivity contribution in [3.05, 3.63) is 29.8 Å². The van der Waals surface area contributed by atoms with Crippen LogP contribution in [0.3, 0.4) is 0 Å². The van der Waals surface area contributed by atoms with Gasteiger partial charge in [0.15, 0.2) is 0 Å². The van der Waals surface area contributed by atoms with Crippen molar-refractivity contribution < 1.29 is 34.5 Å². The summed E-state index contributed by atoms with van der Waals surface area (Å²) in [5.74, 6) is -1.31. The summed E-state index contributed by atoms with van der Waals surface area (Å²) >= 11 is 0. The van der Waals surface area contributed by atoms with Crippen LogP contribution >= 0.6 is 0 Å². The zero-order chi connectivity index (χ0) is 7.56. The Hall–Kier alpha value is -0.887. The molecule has 2 N–H and O–H groups in total. The third-order valence-corrected chi connectivity index (χ3v) is 1.13. The van der Waals surface area contributed by atoms with Crippen molar-refractivity contribution in [3.8, 4) is 5.75 Å². The van der Waals surface area contributed by atoms with E-state index in [2.05, 4.69) is 0 Å². The Morgan fingerprint density at radius 1 is 1.27 bits per heavy atom. The molecule has 0 saturated carbocycles. The van der Waals surface area contributed by atoms with Crippen LogP contribution in [0.15, 0.2) is 24.3 Å². The van der Waals surface area contributed by atoms with Gasteiger partial charge in [-0.15, -0.1) is 0 Å². The summed E-state index contributed by atoms with van der Waals surface area (Å²) < 4.78 is 0. The summed E-state index contributed by atoms with van der Waals surface area (Å²) in [4.78, 5) is 10.3. The number of aromatic carboxylic acids is 1. The van der Waals surface area contributed by atoms with E-state index in [4.69, 9.17) is 10.2 Å². The summed E-state index contributed by atoms with van der Waals surface area (Å²) in [7, 11) is 0. The molecular formula is C7H6O3Ru. The SMILES string of the molecule is O=C(O)c1ccccc1O.[Ru]. The predicted molar refractivity (Wildman–Crippen MR) is 35.1 cm³/mol. The van der Waals surface area contributed by atoms with E-state index in [1.54, 1.807) is 12.1 Å². The van der Waals surface area contributed by atoms with Gasteiger partial charge in [-0.2, -0.15) is 0 Å². The van der Waals surface area contributed by atoms with Crippen molar-refractivity contribution >= 4 is 5.97 Å². The van der Waals surface area contributed by atoms with Crippen LogP contribution in [0.25, 0.3) is 0 Å². The number of carboxylic acid groups (broad SMARTS) is 1. The number of carboxylic acids is 1. The number of hydrogen-bond donors (Lipinski definition) is 2. The fraction of sp³-hybridized carbons (Fsp3) is 0. The number of carbonyl (C=O) groups is 1. The molecule has 0 bridgehead atoms. The van der Waals surface area contributed by atoms with Gasteiger partial charge in [0.1, 0.15) is 11.3 Å². The number of phenols is 1. The molecule has 1 aromatic rings. The van der Waals surface area contributed by atoms with Crippen LogP contribution in [0.1, 0.15) is 10.4 Å². The molecule has 0 aliphatic heterocycles. The molecule has 0 aliphatic carbocycles. The molecular weight excluding hydrogens is 233 g/mol. The average Bonchev–Trinajstić information content (AvgIpc) is 1.88. The van der Waals surface area contributed by atoms with Gasteiger partial charge >= 0.3 is 5.97 Å². The van der Waals surface area contributed by atoms with Gasteiger partial charge in [-0.25, -0.2) is 4.79 Å². The monoisotopic (exact) mass is 240 g/mol. The van der Waals surface area contributed by atoms with Gasteiger partial charge < -0.3 is 10.2 Å². The molecule has 0 saturated heterocycles. The second-order valence-electron chi connectivity index (χ2n) is 1.82. The van der Waals surface area contributed by atoms with Gasteiger partial charge in [-0.1, -0.05) is 12.1 Å². The first-order chi connectivity index (χ1) is 4.72. The molecule has 3 nitrogen and oxygen atoms in total. The largest absolute Gasteiger partial charge is 0.507 e. The molecule has 0 aromatic heterocycles. The third-order valence-electron chi connectivity index (χ3n) is 1.13. The van der Waals surface area contributed by atoms with E-state index in [1.165, 1.54) is 12.1 Å². The van der Waals surface area contributed by atoms with E-state index < -0.39 is 5.97 Å². The normalized spacial score (nSPS) is 8.36. The van der Waals surface area contributed by atoms with Crippen molar-refractivity contribution in [2.45, 2.75) is 0 Å². The van der Waals surface area contributed by atoms with E-state index in [1.807, 2.05) is 0 Å². The zero-order valence-electron chi connectivity index (χ0n) is 5.47. The Balaban J connectivity index is 0.000001000. The fourth-order valence-electron chi connectivity index (χ4n) is 0.654. The minimum atomic E-state index is -1.11. The molecule has 0 aliphatic rings. The number of aromatic hydroxyl groups is 1. The Labute approximate surface area is 76.4 Å². The molecule has 60 valence electrons. The first kappa shape index (κ1) is 10.1. The first-order valence-electron chi connectivity index (χ1n) is 2.73. The first-order valence-corrected chi connectivity index (χ1v) is 2.73. The predicted octanol–water partition coefficient (Wildman–Crippen LogP) is 1.09. The maximum absolute atomic E-state index is 10.3. The second kappa shape index (κ2) is 4.09. The Morgan fingerprint density at radius 3 is 2.18 bits per heavy atom. The Kier molecular flexibility index (Phi) is 3.76. The minimum Gasteiger partial charge on any atom is -0.507 e. The standard InChI is InChI=1S/C7H6O3.Ru/c8-6-4-2-1-3-5(6)7(9)10;/h1-4,8H,(H,9,10);. The second-order valence-corrected chi connectivity index (χ2v) is 1.82. The molecule has 0 fully saturated rings. The van der Waals surface area contributed by atoms with Crippen LogP contribution in [-0.2, 0) is 19.5 Å². The van der Waals surface area contributed by atoms with Gasteiger partial charge in [0.25, 0.3) is 0 Å². The van der Waals surface area contributed by atoms with E-state index in [9.17, 15) is 4.79 Å². The molecule has 0 unspecified atom stereocenters.